The van der Waals surface area contributed by atoms with E-state index in [1.807, 2.05) is 39.8 Å². The molecule has 2 aliphatic rings. The molecule has 3 aromatic rings. The maximum Gasteiger partial charge on any atom is 0.312 e. The number of nitrogens with one attached hydrogen (secondary N) is 1. The second-order valence-electron chi connectivity index (χ2n) is 8.99. The number of nitrogens with zero attached hydrogens (tertiary/aromatic N) is 2. The van der Waals surface area contributed by atoms with E-state index >= 15 is 0 Å². The third kappa shape index (κ3) is 3.04. The summed E-state index contributed by atoms with van der Waals surface area (Å²) in [5.74, 6) is 1.13. The Morgan fingerprint density at radius 3 is 2.62 bits per heavy atom. The van der Waals surface area contributed by atoms with Crippen molar-refractivity contribution in [2.75, 3.05) is 0 Å². The van der Waals surface area contributed by atoms with Crippen LogP contribution in [0, 0.1) is 19.8 Å². The lowest BCUT2D eigenvalue weighted by molar-refractivity contribution is -0.150. The Kier molecular flexibility index (Phi) is 3.90. The van der Waals surface area contributed by atoms with E-state index in [9.17, 15) is 9.90 Å². The third-order valence-corrected chi connectivity index (χ3v) is 6.01. The number of esters is 1. The largest absolute Gasteiger partial charge is 0.459 e. The molecule has 0 bridgehead atoms. The number of hydrogen-bond donors (Lipinski definition) is 2. The Morgan fingerprint density at radius 1 is 1.28 bits per heavy atom. The average Bonchev–Trinajstić information content (AvgIpc) is 3.24. The van der Waals surface area contributed by atoms with Crippen molar-refractivity contribution < 1.29 is 19.2 Å². The number of carbonyl (C=O) groups excluding carboxylic acids is 1. The lowest BCUT2D eigenvalue weighted by atomic mass is 9.87. The maximum atomic E-state index is 12.5. The molecule has 3 heterocycles. The minimum atomic E-state index is -0.998. The summed E-state index contributed by atoms with van der Waals surface area (Å²) in [6.07, 6.45) is 1.71. The second-order valence-corrected chi connectivity index (χ2v) is 8.99. The van der Waals surface area contributed by atoms with Crippen molar-refractivity contribution in [1.29, 1.82) is 0 Å². The predicted octanol–water partition coefficient (Wildman–Crippen LogP) is 4.09. The van der Waals surface area contributed by atoms with Gasteiger partial charge in [0.25, 0.3) is 0 Å². The zero-order chi connectivity index (χ0) is 20.5. The monoisotopic (exact) mass is 395 g/mol. The molecule has 1 aliphatic heterocycles. The maximum absolute atomic E-state index is 12.5. The fourth-order valence-electron chi connectivity index (χ4n) is 4.44. The molecule has 2 unspecified atom stereocenters. The fraction of sp³-hybridized carbons (Fsp3) is 0.500. The highest BCUT2D eigenvalue weighted by Gasteiger charge is 2.45. The van der Waals surface area contributed by atoms with Crippen molar-refractivity contribution in [3.8, 4) is 11.1 Å². The first-order valence-electron chi connectivity index (χ1n) is 10.1. The van der Waals surface area contributed by atoms with Gasteiger partial charge in [-0.1, -0.05) is 5.16 Å². The number of aliphatic hydroxyl groups is 1. The molecule has 2 aromatic heterocycles. The number of aliphatic hydroxyl groups excluding tert-OH is 1. The van der Waals surface area contributed by atoms with Gasteiger partial charge in [-0.25, -0.2) is 4.98 Å². The van der Waals surface area contributed by atoms with Crippen LogP contribution in [0.2, 0.25) is 0 Å². The van der Waals surface area contributed by atoms with Crippen LogP contribution < -0.4 is 0 Å². The molecule has 1 saturated carbocycles. The number of benzene rings is 1. The highest BCUT2D eigenvalue weighted by molar-refractivity contribution is 5.87. The van der Waals surface area contributed by atoms with Gasteiger partial charge in [0, 0.05) is 23.5 Å². The molecule has 0 radical (unpaired) electrons. The van der Waals surface area contributed by atoms with Gasteiger partial charge in [0.2, 0.25) is 0 Å². The molecule has 7 heteroatoms. The first kappa shape index (κ1) is 18.4. The standard InChI is InChI=1S/C22H25N3O4/c1-10-17(11(2)29-25-10)13-7-14(19(26)15-9-22(3,4)28-21(15)27)18-16(8-13)23-20(24-18)12-5-6-12/h7-8,12,15,19,26H,5-6,9H2,1-4H3,(H,23,24). The van der Waals surface area contributed by atoms with E-state index in [0.29, 0.717) is 29.2 Å². The van der Waals surface area contributed by atoms with Crippen molar-refractivity contribution in [2.45, 2.75) is 64.6 Å². The Balaban J connectivity index is 1.67. The van der Waals surface area contributed by atoms with E-state index < -0.39 is 17.6 Å². The van der Waals surface area contributed by atoms with Crippen LogP contribution in [-0.4, -0.2) is 31.8 Å². The molecule has 1 aromatic carbocycles. The van der Waals surface area contributed by atoms with Crippen LogP contribution in [0.15, 0.2) is 16.7 Å². The van der Waals surface area contributed by atoms with E-state index in [1.165, 1.54) is 0 Å². The van der Waals surface area contributed by atoms with Crippen LogP contribution in [-0.2, 0) is 9.53 Å². The van der Waals surface area contributed by atoms with Crippen molar-refractivity contribution in [2.24, 2.45) is 5.92 Å². The lowest BCUT2D eigenvalue weighted by Gasteiger charge is -2.18. The van der Waals surface area contributed by atoms with E-state index in [0.717, 1.165) is 41.0 Å². The molecule has 1 aliphatic carbocycles. The van der Waals surface area contributed by atoms with Gasteiger partial charge in [-0.2, -0.15) is 0 Å². The van der Waals surface area contributed by atoms with Crippen LogP contribution in [0.3, 0.4) is 0 Å². The number of imidazole rings is 1. The molecule has 29 heavy (non-hydrogen) atoms. The number of ether oxygens (including phenoxy) is 1. The normalized spacial score (nSPS) is 22.2. The molecule has 0 amide bonds. The van der Waals surface area contributed by atoms with E-state index in [4.69, 9.17) is 14.2 Å². The van der Waals surface area contributed by atoms with E-state index in [2.05, 4.69) is 10.1 Å². The number of cyclic esters (lactones) is 1. The van der Waals surface area contributed by atoms with E-state index in [1.54, 1.807) is 0 Å². The minimum Gasteiger partial charge on any atom is -0.459 e. The number of aromatic nitrogens is 3. The number of H-pyrrole nitrogens is 1. The molecule has 7 nitrogen and oxygen atoms in total. The van der Waals surface area contributed by atoms with Crippen molar-refractivity contribution in [1.82, 2.24) is 15.1 Å². The molecule has 2 N–H and O–H groups in total. The van der Waals surface area contributed by atoms with Gasteiger partial charge in [-0.05, 0) is 58.2 Å². The SMILES string of the molecule is Cc1noc(C)c1-c1cc(C(O)C2CC(C)(C)OC2=O)c2nc(C3CC3)[nH]c2c1. The minimum absolute atomic E-state index is 0.364. The van der Waals surface area contributed by atoms with Crippen LogP contribution in [0.5, 0.6) is 0 Å². The molecule has 0 spiro atoms. The van der Waals surface area contributed by atoms with Crippen molar-refractivity contribution in [3.63, 3.8) is 0 Å². The second kappa shape index (κ2) is 6.16. The molecule has 5 rings (SSSR count). The molecule has 2 fully saturated rings. The third-order valence-electron chi connectivity index (χ3n) is 6.01. The van der Waals surface area contributed by atoms with Gasteiger partial charge >= 0.3 is 5.97 Å². The highest BCUT2D eigenvalue weighted by atomic mass is 16.6. The Labute approximate surface area is 168 Å². The molecular weight excluding hydrogens is 370 g/mol. The summed E-state index contributed by atoms with van der Waals surface area (Å²) < 4.78 is 10.8. The zero-order valence-corrected chi connectivity index (χ0v) is 17.1. The van der Waals surface area contributed by atoms with Crippen molar-refractivity contribution >= 4 is 17.0 Å². The first-order valence-corrected chi connectivity index (χ1v) is 10.1. The number of aromatic amines is 1. The summed E-state index contributed by atoms with van der Waals surface area (Å²) in [6, 6.07) is 3.93. The summed E-state index contributed by atoms with van der Waals surface area (Å²) in [6.45, 7) is 7.50. The van der Waals surface area contributed by atoms with Gasteiger partial charge in [0.05, 0.1) is 28.7 Å². The van der Waals surface area contributed by atoms with Crippen LogP contribution in [0.4, 0.5) is 0 Å². The number of aryl methyl sites for hydroxylation is 2. The van der Waals surface area contributed by atoms with Gasteiger partial charge in [-0.3, -0.25) is 4.79 Å². The summed E-state index contributed by atoms with van der Waals surface area (Å²) in [7, 11) is 0. The quantitative estimate of drug-likeness (QED) is 0.645. The number of carbonyl (C=O) groups is 1. The van der Waals surface area contributed by atoms with E-state index in [-0.39, 0.29) is 5.97 Å². The van der Waals surface area contributed by atoms with Gasteiger partial charge in [0.1, 0.15) is 17.2 Å². The predicted molar refractivity (Wildman–Crippen MR) is 106 cm³/mol. The van der Waals surface area contributed by atoms with Gasteiger partial charge in [-0.15, -0.1) is 0 Å². The van der Waals surface area contributed by atoms with Gasteiger partial charge in [0.15, 0.2) is 0 Å². The smallest absolute Gasteiger partial charge is 0.312 e. The topological polar surface area (TPSA) is 101 Å². The van der Waals surface area contributed by atoms with Gasteiger partial charge < -0.3 is 19.4 Å². The average molecular weight is 395 g/mol. The first-order chi connectivity index (χ1) is 13.7. The van der Waals surface area contributed by atoms with Crippen LogP contribution in [0.25, 0.3) is 22.2 Å². The number of rotatable bonds is 4. The summed E-state index contributed by atoms with van der Waals surface area (Å²) in [4.78, 5) is 20.7. The lowest BCUT2D eigenvalue weighted by Crippen LogP contribution is -2.18. The Morgan fingerprint density at radius 2 is 2.03 bits per heavy atom. The fourth-order valence-corrected chi connectivity index (χ4v) is 4.44. The Bertz CT molecular complexity index is 1100. The molecule has 2 atom stereocenters. The molecule has 152 valence electrons. The number of hydrogen-bond acceptors (Lipinski definition) is 6. The summed E-state index contributed by atoms with van der Waals surface area (Å²) in [5, 5.41) is 15.3. The molecular formula is C22H25N3O4. The summed E-state index contributed by atoms with van der Waals surface area (Å²) >= 11 is 0. The van der Waals surface area contributed by atoms with Crippen LogP contribution in [0.1, 0.15) is 68.0 Å². The van der Waals surface area contributed by atoms with Crippen molar-refractivity contribution in [3.05, 3.63) is 35.0 Å². The van der Waals surface area contributed by atoms with Crippen LogP contribution >= 0.6 is 0 Å². The summed E-state index contributed by atoms with van der Waals surface area (Å²) in [5.41, 5.74) is 4.20. The number of fused-ring (bicyclic) bond motifs is 1. The Hall–Kier alpha value is -2.67. The zero-order valence-electron chi connectivity index (χ0n) is 17.1. The molecule has 1 saturated heterocycles. The highest BCUT2D eigenvalue weighted by Crippen LogP contribution is 2.44.